The largest absolute Gasteiger partial charge is 0.355 e. The van der Waals surface area contributed by atoms with Gasteiger partial charge in [-0.25, -0.2) is 0 Å². The van der Waals surface area contributed by atoms with Crippen molar-refractivity contribution in [2.75, 3.05) is 11.9 Å². The van der Waals surface area contributed by atoms with Gasteiger partial charge in [0.25, 0.3) is 0 Å². The Bertz CT molecular complexity index is 553. The molecule has 0 bridgehead atoms. The molecule has 1 saturated carbocycles. The number of rotatable bonds is 6. The number of anilines is 1. The van der Waals surface area contributed by atoms with Gasteiger partial charge in [-0.2, -0.15) is 0 Å². The fourth-order valence-electron chi connectivity index (χ4n) is 2.15. The van der Waals surface area contributed by atoms with E-state index >= 15 is 0 Å². The minimum Gasteiger partial charge on any atom is -0.355 e. The molecule has 0 heterocycles. The van der Waals surface area contributed by atoms with Crippen molar-refractivity contribution in [3.63, 3.8) is 0 Å². The fraction of sp³-hybridized carbons (Fsp3) is 0.500. The van der Waals surface area contributed by atoms with Crippen LogP contribution in [0.5, 0.6) is 0 Å². The Morgan fingerprint density at radius 3 is 2.57 bits per heavy atom. The SMILES string of the molecule is CCCCNC(=O)C1(C(=O)Nc2ccc(C)c(Cl)c2)CC1. The summed E-state index contributed by atoms with van der Waals surface area (Å²) in [5, 5.41) is 6.25. The molecule has 0 unspecified atom stereocenters. The van der Waals surface area contributed by atoms with Gasteiger partial charge in [0.15, 0.2) is 0 Å². The van der Waals surface area contributed by atoms with Crippen LogP contribution in [0.4, 0.5) is 5.69 Å². The number of carbonyl (C=O) groups is 2. The molecule has 0 aromatic heterocycles. The molecule has 114 valence electrons. The highest BCUT2D eigenvalue weighted by Crippen LogP contribution is 2.46. The summed E-state index contributed by atoms with van der Waals surface area (Å²) in [6.07, 6.45) is 3.16. The lowest BCUT2D eigenvalue weighted by Crippen LogP contribution is -2.40. The van der Waals surface area contributed by atoms with Crippen LogP contribution in [-0.4, -0.2) is 18.4 Å². The Morgan fingerprint density at radius 2 is 2.00 bits per heavy atom. The summed E-state index contributed by atoms with van der Waals surface area (Å²) in [6.45, 7) is 4.59. The Kier molecular flexibility index (Phi) is 4.88. The van der Waals surface area contributed by atoms with E-state index in [9.17, 15) is 9.59 Å². The van der Waals surface area contributed by atoms with Crippen molar-refractivity contribution < 1.29 is 9.59 Å². The van der Waals surface area contributed by atoms with Crippen LogP contribution in [0, 0.1) is 12.3 Å². The molecule has 0 spiro atoms. The monoisotopic (exact) mass is 308 g/mol. The number of hydrogen-bond acceptors (Lipinski definition) is 2. The zero-order chi connectivity index (χ0) is 15.5. The summed E-state index contributed by atoms with van der Waals surface area (Å²) < 4.78 is 0. The van der Waals surface area contributed by atoms with Gasteiger partial charge in [0.2, 0.25) is 11.8 Å². The minimum atomic E-state index is -0.884. The second-order valence-electron chi connectivity index (χ2n) is 5.61. The highest BCUT2D eigenvalue weighted by atomic mass is 35.5. The van der Waals surface area contributed by atoms with Gasteiger partial charge >= 0.3 is 0 Å². The number of carbonyl (C=O) groups excluding carboxylic acids is 2. The van der Waals surface area contributed by atoms with Crippen molar-refractivity contribution in [3.8, 4) is 0 Å². The van der Waals surface area contributed by atoms with Crippen LogP contribution in [-0.2, 0) is 9.59 Å². The normalized spacial score (nSPS) is 15.4. The standard InChI is InChI=1S/C16H21ClN2O2/c1-3-4-9-18-14(20)16(7-8-16)15(21)19-12-6-5-11(2)13(17)10-12/h5-6,10H,3-4,7-9H2,1-2H3,(H,18,20)(H,19,21). The third kappa shape index (κ3) is 3.56. The zero-order valence-electron chi connectivity index (χ0n) is 12.5. The average molecular weight is 309 g/mol. The molecule has 4 nitrogen and oxygen atoms in total. The summed E-state index contributed by atoms with van der Waals surface area (Å²) in [7, 11) is 0. The van der Waals surface area contributed by atoms with Gasteiger partial charge in [0, 0.05) is 17.3 Å². The fourth-order valence-corrected chi connectivity index (χ4v) is 2.33. The molecule has 1 aromatic carbocycles. The van der Waals surface area contributed by atoms with Gasteiger partial charge in [-0.15, -0.1) is 0 Å². The quantitative estimate of drug-likeness (QED) is 0.626. The zero-order valence-corrected chi connectivity index (χ0v) is 13.2. The van der Waals surface area contributed by atoms with Gasteiger partial charge in [-0.1, -0.05) is 31.0 Å². The molecular formula is C16H21ClN2O2. The number of nitrogens with one attached hydrogen (secondary N) is 2. The summed E-state index contributed by atoms with van der Waals surface area (Å²) in [6, 6.07) is 5.35. The first-order chi connectivity index (χ1) is 9.99. The van der Waals surface area contributed by atoms with Gasteiger partial charge in [0.1, 0.15) is 5.41 Å². The summed E-state index contributed by atoms with van der Waals surface area (Å²) >= 11 is 6.04. The van der Waals surface area contributed by atoms with E-state index in [-0.39, 0.29) is 11.8 Å². The molecule has 1 fully saturated rings. The molecule has 2 rings (SSSR count). The first-order valence-electron chi connectivity index (χ1n) is 7.35. The van der Waals surface area contributed by atoms with E-state index < -0.39 is 5.41 Å². The first kappa shape index (κ1) is 15.8. The van der Waals surface area contributed by atoms with Gasteiger partial charge in [0.05, 0.1) is 0 Å². The average Bonchev–Trinajstić information content (AvgIpc) is 3.25. The number of halogens is 1. The second-order valence-corrected chi connectivity index (χ2v) is 6.02. The molecule has 0 aliphatic heterocycles. The van der Waals surface area contributed by atoms with Crippen molar-refractivity contribution in [1.82, 2.24) is 5.32 Å². The predicted octanol–water partition coefficient (Wildman–Crippen LogP) is 3.28. The minimum absolute atomic E-state index is 0.161. The maximum absolute atomic E-state index is 12.4. The molecule has 21 heavy (non-hydrogen) atoms. The van der Waals surface area contributed by atoms with Gasteiger partial charge in [-0.05, 0) is 43.9 Å². The maximum Gasteiger partial charge on any atom is 0.240 e. The Balaban J connectivity index is 1.99. The molecule has 1 aliphatic rings. The van der Waals surface area contributed by atoms with Crippen LogP contribution >= 0.6 is 11.6 Å². The van der Waals surface area contributed by atoms with Crippen LogP contribution in [0.1, 0.15) is 38.2 Å². The molecule has 0 atom stereocenters. The molecule has 5 heteroatoms. The lowest BCUT2D eigenvalue weighted by molar-refractivity contribution is -0.134. The third-order valence-corrected chi connectivity index (χ3v) is 4.27. The maximum atomic E-state index is 12.4. The lowest BCUT2D eigenvalue weighted by Gasteiger charge is -2.15. The number of amides is 2. The van der Waals surface area contributed by atoms with E-state index in [1.54, 1.807) is 12.1 Å². The van der Waals surface area contributed by atoms with Crippen molar-refractivity contribution in [2.24, 2.45) is 5.41 Å². The molecule has 1 aromatic rings. The van der Waals surface area contributed by atoms with E-state index in [1.165, 1.54) is 0 Å². The Labute approximate surface area is 130 Å². The number of unbranched alkanes of at least 4 members (excludes halogenated alkanes) is 1. The van der Waals surface area contributed by atoms with Crippen molar-refractivity contribution in [2.45, 2.75) is 39.5 Å². The third-order valence-electron chi connectivity index (χ3n) is 3.86. The summed E-state index contributed by atoms with van der Waals surface area (Å²) in [4.78, 5) is 24.5. The van der Waals surface area contributed by atoms with E-state index in [0.29, 0.717) is 30.1 Å². The predicted molar refractivity (Wildman–Crippen MR) is 84.4 cm³/mol. The van der Waals surface area contributed by atoms with Gasteiger partial charge in [-0.3, -0.25) is 9.59 Å². The molecule has 0 radical (unpaired) electrons. The van der Waals surface area contributed by atoms with Crippen LogP contribution in [0.15, 0.2) is 18.2 Å². The van der Waals surface area contributed by atoms with Crippen molar-refractivity contribution in [1.29, 1.82) is 0 Å². The molecule has 2 amide bonds. The van der Waals surface area contributed by atoms with Crippen LogP contribution in [0.3, 0.4) is 0 Å². The number of hydrogen-bond donors (Lipinski definition) is 2. The smallest absolute Gasteiger partial charge is 0.240 e. The van der Waals surface area contributed by atoms with E-state index in [1.807, 2.05) is 13.0 Å². The lowest BCUT2D eigenvalue weighted by atomic mass is 10.0. The van der Waals surface area contributed by atoms with E-state index in [0.717, 1.165) is 18.4 Å². The molecule has 0 saturated heterocycles. The van der Waals surface area contributed by atoms with E-state index in [4.69, 9.17) is 11.6 Å². The van der Waals surface area contributed by atoms with Crippen LogP contribution < -0.4 is 10.6 Å². The number of benzene rings is 1. The first-order valence-corrected chi connectivity index (χ1v) is 7.73. The van der Waals surface area contributed by atoms with Crippen molar-refractivity contribution >= 4 is 29.1 Å². The summed E-state index contributed by atoms with van der Waals surface area (Å²) in [5.41, 5.74) is 0.696. The highest BCUT2D eigenvalue weighted by molar-refractivity contribution is 6.31. The number of aryl methyl sites for hydroxylation is 1. The van der Waals surface area contributed by atoms with Crippen LogP contribution in [0.2, 0.25) is 5.02 Å². The highest BCUT2D eigenvalue weighted by Gasteiger charge is 2.56. The Morgan fingerprint density at radius 1 is 1.29 bits per heavy atom. The topological polar surface area (TPSA) is 58.2 Å². The molecular weight excluding hydrogens is 288 g/mol. The molecule has 2 N–H and O–H groups in total. The Hall–Kier alpha value is -1.55. The second kappa shape index (κ2) is 6.48. The van der Waals surface area contributed by atoms with Crippen LogP contribution in [0.25, 0.3) is 0 Å². The van der Waals surface area contributed by atoms with Gasteiger partial charge < -0.3 is 10.6 Å². The van der Waals surface area contributed by atoms with Crippen molar-refractivity contribution in [3.05, 3.63) is 28.8 Å². The molecule has 1 aliphatic carbocycles. The van der Waals surface area contributed by atoms with E-state index in [2.05, 4.69) is 17.6 Å². The summed E-state index contributed by atoms with van der Waals surface area (Å²) in [5.74, 6) is -0.400.